The first-order valence-corrected chi connectivity index (χ1v) is 7.95. The minimum absolute atomic E-state index is 0.0203. The zero-order valence-corrected chi connectivity index (χ0v) is 14.5. The molecule has 24 heavy (non-hydrogen) atoms. The van der Waals surface area contributed by atoms with Crippen LogP contribution in [0.25, 0.3) is 0 Å². The lowest BCUT2D eigenvalue weighted by Gasteiger charge is -2.15. The molecule has 0 aliphatic rings. The van der Waals surface area contributed by atoms with Crippen LogP contribution in [0, 0.1) is 0 Å². The first kappa shape index (κ1) is 17.8. The van der Waals surface area contributed by atoms with Gasteiger partial charge in [-0.25, -0.2) is 0 Å². The summed E-state index contributed by atoms with van der Waals surface area (Å²) < 4.78 is 10.4. The number of ether oxygens (including phenoxy) is 2. The fraction of sp³-hybridized carbons (Fsp3) is 0.316. The highest BCUT2D eigenvalue weighted by Gasteiger charge is 2.11. The summed E-state index contributed by atoms with van der Waals surface area (Å²) in [4.78, 5) is 13.2. The predicted octanol–water partition coefficient (Wildman–Crippen LogP) is 1.03. The van der Waals surface area contributed by atoms with Crippen LogP contribution in [-0.4, -0.2) is 33.7 Å². The number of rotatable bonds is 8. The van der Waals surface area contributed by atoms with Gasteiger partial charge in [0.15, 0.2) is 6.54 Å². The molecule has 1 atom stereocenters. The number of methoxy groups -OCH3 is 2. The molecular formula is C19H25N2O3+. The number of likely N-dealkylation sites (N-methyl/N-ethyl adjacent to an activating group) is 1. The molecular weight excluding hydrogens is 304 g/mol. The van der Waals surface area contributed by atoms with Crippen molar-refractivity contribution in [3.63, 3.8) is 0 Å². The normalized spacial score (nSPS) is 11.6. The Morgan fingerprint density at radius 3 is 2.42 bits per heavy atom. The van der Waals surface area contributed by atoms with Crippen molar-refractivity contribution in [3.05, 3.63) is 59.7 Å². The van der Waals surface area contributed by atoms with Gasteiger partial charge in [-0.05, 0) is 30.3 Å². The van der Waals surface area contributed by atoms with Gasteiger partial charge in [-0.2, -0.15) is 0 Å². The van der Waals surface area contributed by atoms with Crippen LogP contribution in [0.3, 0.4) is 0 Å². The molecule has 0 aliphatic heterocycles. The van der Waals surface area contributed by atoms with Gasteiger partial charge in [0, 0.05) is 17.7 Å². The molecule has 5 nitrogen and oxygen atoms in total. The largest absolute Gasteiger partial charge is 0.497 e. The highest BCUT2D eigenvalue weighted by molar-refractivity contribution is 5.76. The number of hydrogen-bond donors (Lipinski definition) is 2. The van der Waals surface area contributed by atoms with Crippen LogP contribution in [0.15, 0.2) is 48.5 Å². The number of hydrogen-bond acceptors (Lipinski definition) is 3. The van der Waals surface area contributed by atoms with Crippen LogP contribution in [0.1, 0.15) is 11.1 Å². The second-order valence-electron chi connectivity index (χ2n) is 5.75. The molecule has 0 saturated carbocycles. The summed E-state index contributed by atoms with van der Waals surface area (Å²) in [6, 6.07) is 15.6. The van der Waals surface area contributed by atoms with E-state index in [-0.39, 0.29) is 5.91 Å². The van der Waals surface area contributed by atoms with E-state index in [9.17, 15) is 4.79 Å². The summed E-state index contributed by atoms with van der Waals surface area (Å²) in [6.45, 7) is 1.67. The SMILES string of the molecule is COc1ccc(C[NH+](C)CC(=O)NCc2ccccc2OC)cc1. The summed E-state index contributed by atoms with van der Waals surface area (Å²) in [5.41, 5.74) is 2.15. The summed E-state index contributed by atoms with van der Waals surface area (Å²) in [5.74, 6) is 1.65. The van der Waals surface area contributed by atoms with Crippen molar-refractivity contribution in [2.24, 2.45) is 0 Å². The van der Waals surface area contributed by atoms with Gasteiger partial charge in [0.1, 0.15) is 18.0 Å². The first-order chi connectivity index (χ1) is 11.6. The molecule has 0 radical (unpaired) electrons. The van der Waals surface area contributed by atoms with Crippen molar-refractivity contribution >= 4 is 5.91 Å². The smallest absolute Gasteiger partial charge is 0.275 e. The topological polar surface area (TPSA) is 52.0 Å². The number of carbonyl (C=O) groups is 1. The Kier molecular flexibility index (Phi) is 6.63. The Hall–Kier alpha value is -2.53. The summed E-state index contributed by atoms with van der Waals surface area (Å²) in [5, 5.41) is 2.95. The summed E-state index contributed by atoms with van der Waals surface area (Å²) in [7, 11) is 5.29. The van der Waals surface area contributed by atoms with E-state index in [1.807, 2.05) is 55.6 Å². The molecule has 0 aromatic heterocycles. The molecule has 2 N–H and O–H groups in total. The van der Waals surface area contributed by atoms with Crippen LogP contribution >= 0.6 is 0 Å². The molecule has 0 heterocycles. The van der Waals surface area contributed by atoms with E-state index in [2.05, 4.69) is 5.32 Å². The van der Waals surface area contributed by atoms with Gasteiger partial charge in [-0.15, -0.1) is 0 Å². The number of amides is 1. The number of carbonyl (C=O) groups excluding carboxylic acids is 1. The highest BCUT2D eigenvalue weighted by atomic mass is 16.5. The van der Waals surface area contributed by atoms with E-state index in [0.717, 1.165) is 28.5 Å². The minimum Gasteiger partial charge on any atom is -0.497 e. The van der Waals surface area contributed by atoms with E-state index >= 15 is 0 Å². The average Bonchev–Trinajstić information content (AvgIpc) is 2.60. The van der Waals surface area contributed by atoms with Gasteiger partial charge in [0.25, 0.3) is 5.91 Å². The van der Waals surface area contributed by atoms with Crippen molar-refractivity contribution < 1.29 is 19.2 Å². The lowest BCUT2D eigenvalue weighted by molar-refractivity contribution is -0.885. The van der Waals surface area contributed by atoms with Gasteiger partial charge < -0.3 is 19.7 Å². The molecule has 128 valence electrons. The van der Waals surface area contributed by atoms with Gasteiger partial charge in [-0.1, -0.05) is 18.2 Å². The van der Waals surface area contributed by atoms with E-state index < -0.39 is 0 Å². The second kappa shape index (κ2) is 8.93. The number of quaternary nitrogens is 1. The monoisotopic (exact) mass is 329 g/mol. The van der Waals surface area contributed by atoms with Crippen LogP contribution in [0.5, 0.6) is 11.5 Å². The number of para-hydroxylation sites is 1. The molecule has 0 saturated heterocycles. The van der Waals surface area contributed by atoms with Crippen molar-refractivity contribution in [3.8, 4) is 11.5 Å². The first-order valence-electron chi connectivity index (χ1n) is 7.95. The Bertz CT molecular complexity index is 656. The molecule has 0 bridgehead atoms. The molecule has 2 aromatic rings. The molecule has 0 aliphatic carbocycles. The molecule has 1 amide bonds. The van der Waals surface area contributed by atoms with Crippen molar-refractivity contribution in [1.82, 2.24) is 5.32 Å². The zero-order valence-electron chi connectivity index (χ0n) is 14.5. The Morgan fingerprint density at radius 2 is 1.75 bits per heavy atom. The maximum Gasteiger partial charge on any atom is 0.275 e. The van der Waals surface area contributed by atoms with Crippen LogP contribution in [-0.2, 0) is 17.9 Å². The quantitative estimate of drug-likeness (QED) is 0.761. The third-order valence-electron chi connectivity index (χ3n) is 3.80. The minimum atomic E-state index is 0.0203. The molecule has 5 heteroatoms. The van der Waals surface area contributed by atoms with Gasteiger partial charge in [-0.3, -0.25) is 4.79 Å². The maximum absolute atomic E-state index is 12.1. The fourth-order valence-corrected chi connectivity index (χ4v) is 2.53. The van der Waals surface area contributed by atoms with Crippen molar-refractivity contribution in [2.45, 2.75) is 13.1 Å². The second-order valence-corrected chi connectivity index (χ2v) is 5.75. The third-order valence-corrected chi connectivity index (χ3v) is 3.80. The van der Waals surface area contributed by atoms with E-state index in [1.165, 1.54) is 5.56 Å². The van der Waals surface area contributed by atoms with Crippen LogP contribution in [0.4, 0.5) is 0 Å². The fourth-order valence-electron chi connectivity index (χ4n) is 2.53. The molecule has 0 fully saturated rings. The predicted molar refractivity (Wildman–Crippen MR) is 93.3 cm³/mol. The Balaban J connectivity index is 1.80. The van der Waals surface area contributed by atoms with Gasteiger partial charge in [0.2, 0.25) is 0 Å². The number of benzene rings is 2. The molecule has 0 spiro atoms. The summed E-state index contributed by atoms with van der Waals surface area (Å²) in [6.07, 6.45) is 0. The van der Waals surface area contributed by atoms with Crippen LogP contribution < -0.4 is 19.7 Å². The third kappa shape index (κ3) is 5.28. The number of nitrogens with one attached hydrogen (secondary N) is 2. The highest BCUT2D eigenvalue weighted by Crippen LogP contribution is 2.16. The van der Waals surface area contributed by atoms with E-state index in [0.29, 0.717) is 13.1 Å². The molecule has 2 aromatic carbocycles. The Labute approximate surface area is 143 Å². The standard InChI is InChI=1S/C19H24N2O3/c1-21(13-15-8-10-17(23-2)11-9-15)14-19(22)20-12-16-6-4-5-7-18(16)24-3/h4-11H,12-14H2,1-3H3,(H,20,22)/p+1. The Morgan fingerprint density at radius 1 is 1.04 bits per heavy atom. The van der Waals surface area contributed by atoms with Crippen molar-refractivity contribution in [2.75, 3.05) is 27.8 Å². The summed E-state index contributed by atoms with van der Waals surface area (Å²) >= 11 is 0. The lowest BCUT2D eigenvalue weighted by atomic mass is 10.2. The van der Waals surface area contributed by atoms with Crippen LogP contribution in [0.2, 0.25) is 0 Å². The van der Waals surface area contributed by atoms with E-state index in [1.54, 1.807) is 14.2 Å². The lowest BCUT2D eigenvalue weighted by Crippen LogP contribution is -3.08. The van der Waals surface area contributed by atoms with Crippen molar-refractivity contribution in [1.29, 1.82) is 0 Å². The molecule has 1 unspecified atom stereocenters. The average molecular weight is 329 g/mol. The maximum atomic E-state index is 12.1. The van der Waals surface area contributed by atoms with E-state index in [4.69, 9.17) is 9.47 Å². The van der Waals surface area contributed by atoms with Gasteiger partial charge >= 0.3 is 0 Å². The molecule has 2 rings (SSSR count). The van der Waals surface area contributed by atoms with Gasteiger partial charge in [0.05, 0.1) is 21.3 Å². The zero-order chi connectivity index (χ0) is 17.4.